The Bertz CT molecular complexity index is 1290. The number of aliphatic hydroxyl groups is 1. The van der Waals surface area contributed by atoms with Crippen LogP contribution in [0.2, 0.25) is 0 Å². The van der Waals surface area contributed by atoms with E-state index in [0.29, 0.717) is 18.4 Å². The lowest BCUT2D eigenvalue weighted by Gasteiger charge is -2.35. The van der Waals surface area contributed by atoms with E-state index in [4.69, 9.17) is 0 Å². The second-order valence-corrected chi connectivity index (χ2v) is 12.0. The van der Waals surface area contributed by atoms with Gasteiger partial charge in [-0.1, -0.05) is 32.9 Å². The number of phenols is 1. The number of phenolic OH excluding ortho intramolecular Hbond substituents is 1. The number of aromatic nitrogens is 1. The molecule has 11 heteroatoms. The first-order valence-electron chi connectivity index (χ1n) is 12.6. The lowest BCUT2D eigenvalue weighted by Crippen LogP contribution is -2.58. The van der Waals surface area contributed by atoms with Crippen molar-refractivity contribution in [3.05, 3.63) is 35.0 Å². The van der Waals surface area contributed by atoms with Crippen molar-refractivity contribution >= 4 is 29.1 Å². The van der Waals surface area contributed by atoms with Crippen LogP contribution in [0.15, 0.2) is 23.7 Å². The number of aliphatic hydroxyl groups excluding tert-OH is 1. The molecule has 4 N–H and O–H groups in total. The number of carbonyl (C=O) groups is 3. The number of likely N-dealkylation sites (tertiary alicyclic amines) is 1. The third kappa shape index (κ3) is 5.51. The molecule has 202 valence electrons. The molecule has 1 aromatic carbocycles. The molecule has 10 nitrogen and oxygen atoms in total. The van der Waals surface area contributed by atoms with Gasteiger partial charge in [-0.25, -0.2) is 4.98 Å². The minimum atomic E-state index is -1.10. The topological polar surface area (TPSA) is 156 Å². The Morgan fingerprint density at radius 3 is 2.58 bits per heavy atom. The molecular weight excluding hydrogens is 506 g/mol. The highest BCUT2D eigenvalue weighted by Gasteiger charge is 2.53. The van der Waals surface area contributed by atoms with Gasteiger partial charge in [0, 0.05) is 25.1 Å². The maximum atomic E-state index is 13.6. The average Bonchev–Trinajstić information content (AvgIpc) is 3.40. The van der Waals surface area contributed by atoms with Crippen molar-refractivity contribution in [2.24, 2.45) is 10.8 Å². The van der Waals surface area contributed by atoms with Crippen molar-refractivity contribution in [1.29, 1.82) is 5.26 Å². The summed E-state index contributed by atoms with van der Waals surface area (Å²) < 4.78 is 0. The van der Waals surface area contributed by atoms with Crippen molar-refractivity contribution in [2.75, 3.05) is 6.54 Å². The first-order chi connectivity index (χ1) is 17.9. The smallest absolute Gasteiger partial charge is 0.246 e. The molecule has 2 aliphatic rings. The molecule has 1 aliphatic heterocycles. The van der Waals surface area contributed by atoms with Crippen LogP contribution >= 0.6 is 11.3 Å². The number of rotatable bonds is 7. The van der Waals surface area contributed by atoms with E-state index in [-0.39, 0.29) is 25.3 Å². The Morgan fingerprint density at radius 1 is 1.32 bits per heavy atom. The zero-order valence-corrected chi connectivity index (χ0v) is 22.8. The predicted octanol–water partition coefficient (Wildman–Crippen LogP) is 2.24. The quantitative estimate of drug-likeness (QED) is 0.420. The minimum Gasteiger partial charge on any atom is -0.508 e. The third-order valence-corrected chi connectivity index (χ3v) is 8.18. The van der Waals surface area contributed by atoms with Crippen LogP contribution in [0.4, 0.5) is 0 Å². The molecular formula is C27H33N5O5S. The van der Waals surface area contributed by atoms with E-state index >= 15 is 0 Å². The zero-order chi connectivity index (χ0) is 27.8. The summed E-state index contributed by atoms with van der Waals surface area (Å²) in [6, 6.07) is 5.32. The van der Waals surface area contributed by atoms with Gasteiger partial charge in [0.2, 0.25) is 17.7 Å². The molecule has 3 amide bonds. The van der Waals surface area contributed by atoms with Crippen molar-refractivity contribution in [3.8, 4) is 22.3 Å². The van der Waals surface area contributed by atoms with E-state index in [9.17, 15) is 29.9 Å². The molecule has 3 atom stereocenters. The van der Waals surface area contributed by atoms with Crippen molar-refractivity contribution in [2.45, 2.75) is 71.7 Å². The number of thiazole rings is 1. The van der Waals surface area contributed by atoms with Gasteiger partial charge in [0.1, 0.15) is 23.2 Å². The van der Waals surface area contributed by atoms with E-state index in [2.05, 4.69) is 15.6 Å². The molecule has 1 saturated heterocycles. The van der Waals surface area contributed by atoms with Crippen LogP contribution in [-0.4, -0.2) is 62.6 Å². The van der Waals surface area contributed by atoms with Crippen molar-refractivity contribution in [1.82, 2.24) is 20.5 Å². The van der Waals surface area contributed by atoms with E-state index in [1.54, 1.807) is 38.4 Å². The molecule has 0 spiro atoms. The molecule has 2 aromatic rings. The zero-order valence-electron chi connectivity index (χ0n) is 21.9. The van der Waals surface area contributed by atoms with Gasteiger partial charge in [-0.15, -0.1) is 11.3 Å². The van der Waals surface area contributed by atoms with Crippen molar-refractivity contribution in [3.63, 3.8) is 0 Å². The fraction of sp³-hybridized carbons (Fsp3) is 0.519. The van der Waals surface area contributed by atoms with Gasteiger partial charge in [-0.05, 0) is 36.8 Å². The molecule has 1 aliphatic carbocycles. The van der Waals surface area contributed by atoms with E-state index in [1.165, 1.54) is 16.2 Å². The average molecular weight is 540 g/mol. The fourth-order valence-electron chi connectivity index (χ4n) is 4.64. The molecule has 4 rings (SSSR count). The number of hydrogen-bond acceptors (Lipinski definition) is 8. The maximum absolute atomic E-state index is 13.6. The van der Waals surface area contributed by atoms with Crippen LogP contribution in [0, 0.1) is 29.1 Å². The predicted molar refractivity (Wildman–Crippen MR) is 141 cm³/mol. The summed E-state index contributed by atoms with van der Waals surface area (Å²) >= 11 is 1.47. The first kappa shape index (κ1) is 27.5. The minimum absolute atomic E-state index is 0.0250. The van der Waals surface area contributed by atoms with Crippen LogP contribution in [0.25, 0.3) is 10.4 Å². The van der Waals surface area contributed by atoms with Gasteiger partial charge in [0.25, 0.3) is 0 Å². The Morgan fingerprint density at radius 2 is 2.03 bits per heavy atom. The van der Waals surface area contributed by atoms with Gasteiger partial charge in [-0.2, -0.15) is 5.26 Å². The largest absolute Gasteiger partial charge is 0.508 e. The summed E-state index contributed by atoms with van der Waals surface area (Å²) in [6.07, 6.45) is 0.0621. The second-order valence-electron chi connectivity index (χ2n) is 11.2. The first-order valence-corrected chi connectivity index (χ1v) is 13.4. The van der Waals surface area contributed by atoms with E-state index in [0.717, 1.165) is 16.1 Å². The summed E-state index contributed by atoms with van der Waals surface area (Å²) in [4.78, 5) is 46.0. The number of nitrogens with zero attached hydrogens (tertiary/aromatic N) is 3. The SMILES string of the molecule is Cc1ncsc1-c1ccc(CNC(=O)C2CC(O)CN2C(=O)[C@@H](NC(=O)C2(C#N)CC2)C(C)(C)C)c(O)c1. The number of benzene rings is 1. The third-order valence-electron chi connectivity index (χ3n) is 7.20. The number of nitriles is 1. The number of hydrogen-bond donors (Lipinski definition) is 4. The highest BCUT2D eigenvalue weighted by Crippen LogP contribution is 2.45. The van der Waals surface area contributed by atoms with Crippen molar-refractivity contribution < 1.29 is 24.6 Å². The maximum Gasteiger partial charge on any atom is 0.246 e. The number of amides is 3. The number of nitrogens with one attached hydrogen (secondary N) is 2. The normalized spacial score (nSPS) is 20.9. The fourth-order valence-corrected chi connectivity index (χ4v) is 5.44. The molecule has 38 heavy (non-hydrogen) atoms. The van der Waals surface area contributed by atoms with Gasteiger partial charge in [0.15, 0.2) is 0 Å². The number of aromatic hydroxyl groups is 1. The lowest BCUT2D eigenvalue weighted by molar-refractivity contribution is -0.144. The number of aryl methyl sites for hydroxylation is 1. The van der Waals surface area contributed by atoms with Crippen LogP contribution in [-0.2, 0) is 20.9 Å². The lowest BCUT2D eigenvalue weighted by atomic mass is 9.85. The summed E-state index contributed by atoms with van der Waals surface area (Å²) in [5.41, 5.74) is 2.14. The molecule has 1 aromatic heterocycles. The van der Waals surface area contributed by atoms with Gasteiger partial charge >= 0.3 is 0 Å². The Labute approximate surface area is 225 Å². The van der Waals surface area contributed by atoms with Crippen LogP contribution in [0.3, 0.4) is 0 Å². The molecule has 2 unspecified atom stereocenters. The second kappa shape index (κ2) is 10.3. The summed E-state index contributed by atoms with van der Waals surface area (Å²) in [6.45, 7) is 7.27. The highest BCUT2D eigenvalue weighted by atomic mass is 32.1. The summed E-state index contributed by atoms with van der Waals surface area (Å²) in [7, 11) is 0. The van der Waals surface area contributed by atoms with Crippen LogP contribution < -0.4 is 10.6 Å². The summed E-state index contributed by atoms with van der Waals surface area (Å²) in [5, 5.41) is 35.8. The highest BCUT2D eigenvalue weighted by molar-refractivity contribution is 7.13. The molecule has 2 fully saturated rings. The van der Waals surface area contributed by atoms with Crippen LogP contribution in [0.1, 0.15) is 51.3 Å². The number of carbonyl (C=O) groups excluding carboxylic acids is 3. The Kier molecular flexibility index (Phi) is 7.50. The molecule has 0 bridgehead atoms. The van der Waals surface area contributed by atoms with Gasteiger partial charge in [-0.3, -0.25) is 14.4 Å². The Balaban J connectivity index is 1.45. The monoisotopic (exact) mass is 539 g/mol. The molecule has 2 heterocycles. The van der Waals surface area contributed by atoms with Gasteiger partial charge < -0.3 is 25.7 Å². The standard InChI is InChI=1S/C27H33N5O5S/c1-15-21(38-14-30-15)16-5-6-17(20(34)9-16)11-29-23(35)19-10-18(33)12-32(19)24(36)22(26(2,3)4)31-25(37)27(13-28)7-8-27/h5-6,9,14,18-19,22,33-34H,7-8,10-12H2,1-4H3,(H,29,35)(H,31,37)/t18?,19?,22-/m1/s1. The Hall–Kier alpha value is -3.49. The number of β-amino-alcohol motifs (C(OH)–C–C–N with tert-alkyl or cyclic N) is 1. The van der Waals surface area contributed by atoms with Gasteiger partial charge in [0.05, 0.1) is 28.3 Å². The van der Waals surface area contributed by atoms with Crippen LogP contribution in [0.5, 0.6) is 5.75 Å². The summed E-state index contributed by atoms with van der Waals surface area (Å²) in [5.74, 6) is -1.41. The molecule has 1 saturated carbocycles. The molecule has 0 radical (unpaired) electrons. The van der Waals surface area contributed by atoms with E-state index < -0.39 is 46.7 Å². The van der Waals surface area contributed by atoms with E-state index in [1.807, 2.05) is 19.1 Å².